The van der Waals surface area contributed by atoms with Crippen LogP contribution in [0.4, 0.5) is 0 Å². The third kappa shape index (κ3) is 2.40. The van der Waals surface area contributed by atoms with Crippen molar-refractivity contribution in [3.63, 3.8) is 0 Å². The molecule has 0 aliphatic carbocycles. The first-order valence-corrected chi connectivity index (χ1v) is 7.96. The van der Waals surface area contributed by atoms with Gasteiger partial charge in [0.25, 0.3) is 5.91 Å². The van der Waals surface area contributed by atoms with Crippen LogP contribution in [-0.2, 0) is 0 Å². The normalized spacial score (nSPS) is 17.8. The second-order valence-corrected chi connectivity index (χ2v) is 6.05. The Morgan fingerprint density at radius 1 is 1.22 bits per heavy atom. The van der Waals surface area contributed by atoms with Crippen molar-refractivity contribution in [3.05, 3.63) is 65.5 Å². The summed E-state index contributed by atoms with van der Waals surface area (Å²) in [6, 6.07) is 15.8. The maximum Gasteiger partial charge on any atom is 0.255 e. The summed E-state index contributed by atoms with van der Waals surface area (Å²) in [4.78, 5) is 15.0. The van der Waals surface area contributed by atoms with Gasteiger partial charge in [-0.15, -0.1) is 0 Å². The molecule has 1 atom stereocenters. The molecule has 1 aliphatic heterocycles. The van der Waals surface area contributed by atoms with Gasteiger partial charge in [0.2, 0.25) is 0 Å². The zero-order valence-electron chi connectivity index (χ0n) is 13.0. The second-order valence-electron chi connectivity index (χ2n) is 6.05. The molecule has 2 heterocycles. The molecule has 23 heavy (non-hydrogen) atoms. The first-order chi connectivity index (χ1) is 11.2. The number of rotatable bonds is 2. The number of hydrogen-bond donors (Lipinski definition) is 0. The highest BCUT2D eigenvalue weighted by Crippen LogP contribution is 2.33. The fourth-order valence-electron chi connectivity index (χ4n) is 3.43. The van der Waals surface area contributed by atoms with Gasteiger partial charge in [-0.1, -0.05) is 41.6 Å². The van der Waals surface area contributed by atoms with Gasteiger partial charge in [0, 0.05) is 18.2 Å². The molecule has 0 N–H and O–H groups in total. The molecule has 1 fully saturated rings. The molecule has 2 aromatic carbocycles. The van der Waals surface area contributed by atoms with E-state index >= 15 is 0 Å². The molecule has 0 bridgehead atoms. The van der Waals surface area contributed by atoms with Crippen LogP contribution in [0.25, 0.3) is 10.8 Å². The van der Waals surface area contributed by atoms with Gasteiger partial charge in [0.05, 0.1) is 6.04 Å². The number of aromatic nitrogens is 1. The molecular formula is C19H18N2O2. The number of benzene rings is 2. The first-order valence-electron chi connectivity index (χ1n) is 7.96. The van der Waals surface area contributed by atoms with Gasteiger partial charge in [0.15, 0.2) is 0 Å². The number of hydrogen-bond acceptors (Lipinski definition) is 3. The van der Waals surface area contributed by atoms with Gasteiger partial charge in [-0.2, -0.15) is 0 Å². The molecule has 4 nitrogen and oxygen atoms in total. The van der Waals surface area contributed by atoms with Gasteiger partial charge in [-0.3, -0.25) is 4.79 Å². The molecule has 0 spiro atoms. The third-order valence-corrected chi connectivity index (χ3v) is 4.52. The Bertz CT molecular complexity index is 863. The molecule has 1 saturated heterocycles. The van der Waals surface area contributed by atoms with E-state index in [9.17, 15) is 4.79 Å². The minimum atomic E-state index is 0.0129. The van der Waals surface area contributed by atoms with Gasteiger partial charge in [-0.05, 0) is 36.6 Å². The SMILES string of the molecule is Cc1cc([C@H]2CCCN2C(=O)c2cccc3ccccc23)no1. The lowest BCUT2D eigenvalue weighted by Crippen LogP contribution is -2.30. The Hall–Kier alpha value is -2.62. The van der Waals surface area contributed by atoms with Gasteiger partial charge >= 0.3 is 0 Å². The van der Waals surface area contributed by atoms with E-state index in [0.29, 0.717) is 0 Å². The lowest BCUT2D eigenvalue weighted by atomic mass is 10.0. The van der Waals surface area contributed by atoms with Crippen LogP contribution in [0.2, 0.25) is 0 Å². The molecule has 1 aliphatic rings. The highest BCUT2D eigenvalue weighted by molar-refractivity contribution is 6.07. The smallest absolute Gasteiger partial charge is 0.255 e. The number of amides is 1. The van der Waals surface area contributed by atoms with Gasteiger partial charge < -0.3 is 9.42 Å². The molecule has 4 rings (SSSR count). The summed E-state index contributed by atoms with van der Waals surface area (Å²) in [6.07, 6.45) is 1.93. The number of fused-ring (bicyclic) bond motifs is 1. The first kappa shape index (κ1) is 14.0. The standard InChI is InChI=1S/C19H18N2O2/c1-13-12-17(20-23-13)18-10-5-11-21(18)19(22)16-9-4-7-14-6-2-3-8-15(14)16/h2-4,6-9,12,18H,5,10-11H2,1H3/t18-/m1/s1. The maximum atomic E-state index is 13.1. The Balaban J connectivity index is 1.72. The largest absolute Gasteiger partial charge is 0.361 e. The predicted octanol–water partition coefficient (Wildman–Crippen LogP) is 4.11. The summed E-state index contributed by atoms with van der Waals surface area (Å²) >= 11 is 0. The fourth-order valence-corrected chi connectivity index (χ4v) is 3.43. The number of aryl methyl sites for hydroxylation is 1. The van der Waals surface area contributed by atoms with Crippen LogP contribution >= 0.6 is 0 Å². The van der Waals surface area contributed by atoms with Crippen molar-refractivity contribution in [2.45, 2.75) is 25.8 Å². The number of carbonyl (C=O) groups excluding carboxylic acids is 1. The molecule has 1 amide bonds. The molecule has 3 aromatic rings. The quantitative estimate of drug-likeness (QED) is 0.715. The highest BCUT2D eigenvalue weighted by Gasteiger charge is 2.33. The van der Waals surface area contributed by atoms with Gasteiger partial charge in [-0.25, -0.2) is 0 Å². The summed E-state index contributed by atoms with van der Waals surface area (Å²) < 4.78 is 5.19. The molecule has 4 heteroatoms. The molecule has 116 valence electrons. The average molecular weight is 306 g/mol. The summed E-state index contributed by atoms with van der Waals surface area (Å²) in [7, 11) is 0. The van der Waals surface area contributed by atoms with E-state index in [1.165, 1.54) is 0 Å². The topological polar surface area (TPSA) is 46.3 Å². The summed E-state index contributed by atoms with van der Waals surface area (Å²) in [5.74, 6) is 0.856. The van der Waals surface area contributed by atoms with E-state index in [1.807, 2.05) is 60.4 Å². The summed E-state index contributed by atoms with van der Waals surface area (Å²) in [5, 5.41) is 6.21. The van der Waals surface area contributed by atoms with E-state index in [-0.39, 0.29) is 11.9 Å². The van der Waals surface area contributed by atoms with Crippen LogP contribution in [0.15, 0.2) is 53.1 Å². The highest BCUT2D eigenvalue weighted by atomic mass is 16.5. The summed E-state index contributed by atoms with van der Waals surface area (Å²) in [5.41, 5.74) is 1.61. The van der Waals surface area contributed by atoms with Crippen LogP contribution < -0.4 is 0 Å². The zero-order chi connectivity index (χ0) is 15.8. The minimum absolute atomic E-state index is 0.0129. The second kappa shape index (κ2) is 5.54. The van der Waals surface area contributed by atoms with Crippen LogP contribution in [0, 0.1) is 6.92 Å². The van der Waals surface area contributed by atoms with Crippen molar-refractivity contribution < 1.29 is 9.32 Å². The van der Waals surface area contributed by atoms with Crippen LogP contribution in [-0.4, -0.2) is 22.5 Å². The van der Waals surface area contributed by atoms with Crippen molar-refractivity contribution in [3.8, 4) is 0 Å². The molecule has 0 unspecified atom stereocenters. The molecule has 0 radical (unpaired) electrons. The number of nitrogens with zero attached hydrogens (tertiary/aromatic N) is 2. The number of likely N-dealkylation sites (tertiary alicyclic amines) is 1. The zero-order valence-corrected chi connectivity index (χ0v) is 13.0. The van der Waals surface area contributed by atoms with E-state index in [2.05, 4.69) is 5.16 Å². The third-order valence-electron chi connectivity index (χ3n) is 4.52. The van der Waals surface area contributed by atoms with E-state index in [1.54, 1.807) is 0 Å². The lowest BCUT2D eigenvalue weighted by Gasteiger charge is -2.23. The lowest BCUT2D eigenvalue weighted by molar-refractivity contribution is 0.0733. The van der Waals surface area contributed by atoms with Gasteiger partial charge in [0.1, 0.15) is 11.5 Å². The van der Waals surface area contributed by atoms with Crippen molar-refractivity contribution in [1.82, 2.24) is 10.1 Å². The van der Waals surface area contributed by atoms with Crippen molar-refractivity contribution in [2.75, 3.05) is 6.54 Å². The molecular weight excluding hydrogens is 288 g/mol. The van der Waals surface area contributed by atoms with Crippen molar-refractivity contribution in [2.24, 2.45) is 0 Å². The predicted molar refractivity (Wildman–Crippen MR) is 88.2 cm³/mol. The Labute approximate surface area is 134 Å². The van der Waals surface area contributed by atoms with Crippen LogP contribution in [0.1, 0.15) is 40.7 Å². The average Bonchev–Trinajstić information content (AvgIpc) is 3.22. The van der Waals surface area contributed by atoms with Crippen molar-refractivity contribution >= 4 is 16.7 Å². The van der Waals surface area contributed by atoms with Crippen LogP contribution in [0.5, 0.6) is 0 Å². The van der Waals surface area contributed by atoms with Crippen LogP contribution in [0.3, 0.4) is 0 Å². The Morgan fingerprint density at radius 2 is 2.04 bits per heavy atom. The van der Waals surface area contributed by atoms with Crippen molar-refractivity contribution in [1.29, 1.82) is 0 Å². The monoisotopic (exact) mass is 306 g/mol. The minimum Gasteiger partial charge on any atom is -0.361 e. The van der Waals surface area contributed by atoms with E-state index < -0.39 is 0 Å². The Morgan fingerprint density at radius 3 is 2.87 bits per heavy atom. The van der Waals surface area contributed by atoms with E-state index in [4.69, 9.17) is 4.52 Å². The maximum absolute atomic E-state index is 13.1. The fraction of sp³-hybridized carbons (Fsp3) is 0.263. The van der Waals surface area contributed by atoms with E-state index in [0.717, 1.165) is 47.2 Å². The Kier molecular flexibility index (Phi) is 3.37. The molecule has 1 aromatic heterocycles. The summed E-state index contributed by atoms with van der Waals surface area (Å²) in [6.45, 7) is 2.64. The molecule has 0 saturated carbocycles. The number of carbonyl (C=O) groups is 1.